The SMILES string of the molecule is COC(=O)c1ccccc1Nc1cnc(C(=O)Nc2ccc(C)cc2C)cn1. The third kappa shape index (κ3) is 4.32. The van der Waals surface area contributed by atoms with Gasteiger partial charge >= 0.3 is 5.97 Å². The van der Waals surface area contributed by atoms with Crippen LogP contribution in [0.15, 0.2) is 54.9 Å². The zero-order valence-electron chi connectivity index (χ0n) is 15.8. The first-order valence-corrected chi connectivity index (χ1v) is 8.63. The number of amides is 1. The average molecular weight is 376 g/mol. The lowest BCUT2D eigenvalue weighted by molar-refractivity contribution is 0.0601. The molecule has 3 aromatic rings. The predicted octanol–water partition coefficient (Wildman–Crippen LogP) is 3.88. The monoisotopic (exact) mass is 376 g/mol. The van der Waals surface area contributed by atoms with E-state index < -0.39 is 5.97 Å². The van der Waals surface area contributed by atoms with Crippen molar-refractivity contribution in [2.24, 2.45) is 0 Å². The molecule has 0 atom stereocenters. The highest BCUT2D eigenvalue weighted by Crippen LogP contribution is 2.20. The number of anilines is 3. The molecule has 0 bridgehead atoms. The lowest BCUT2D eigenvalue weighted by Crippen LogP contribution is -2.15. The van der Waals surface area contributed by atoms with Gasteiger partial charge in [0.15, 0.2) is 0 Å². The lowest BCUT2D eigenvalue weighted by atomic mass is 10.1. The topological polar surface area (TPSA) is 93.2 Å². The van der Waals surface area contributed by atoms with Gasteiger partial charge in [0.05, 0.1) is 30.8 Å². The lowest BCUT2D eigenvalue weighted by Gasteiger charge is -2.11. The van der Waals surface area contributed by atoms with Crippen LogP contribution in [0.3, 0.4) is 0 Å². The number of benzene rings is 2. The molecule has 1 aromatic heterocycles. The van der Waals surface area contributed by atoms with Gasteiger partial charge in [-0.3, -0.25) is 4.79 Å². The maximum absolute atomic E-state index is 12.4. The summed E-state index contributed by atoms with van der Waals surface area (Å²) in [4.78, 5) is 32.6. The van der Waals surface area contributed by atoms with Crippen molar-refractivity contribution in [3.8, 4) is 0 Å². The van der Waals surface area contributed by atoms with Gasteiger partial charge in [-0.05, 0) is 37.6 Å². The van der Waals surface area contributed by atoms with Gasteiger partial charge < -0.3 is 15.4 Å². The number of hydrogen-bond acceptors (Lipinski definition) is 6. The van der Waals surface area contributed by atoms with Crippen molar-refractivity contribution in [1.29, 1.82) is 0 Å². The number of nitrogens with one attached hydrogen (secondary N) is 2. The van der Waals surface area contributed by atoms with Gasteiger partial charge in [0.25, 0.3) is 5.91 Å². The van der Waals surface area contributed by atoms with E-state index in [4.69, 9.17) is 4.74 Å². The van der Waals surface area contributed by atoms with Crippen molar-refractivity contribution in [2.45, 2.75) is 13.8 Å². The van der Waals surface area contributed by atoms with Crippen molar-refractivity contribution in [1.82, 2.24) is 9.97 Å². The second kappa shape index (κ2) is 8.30. The average Bonchev–Trinajstić information content (AvgIpc) is 2.70. The van der Waals surface area contributed by atoms with Crippen molar-refractivity contribution < 1.29 is 14.3 Å². The summed E-state index contributed by atoms with van der Waals surface area (Å²) in [6, 6.07) is 12.7. The Morgan fingerprint density at radius 2 is 1.75 bits per heavy atom. The van der Waals surface area contributed by atoms with E-state index in [1.54, 1.807) is 24.3 Å². The molecular weight excluding hydrogens is 356 g/mol. The Morgan fingerprint density at radius 3 is 2.43 bits per heavy atom. The number of aromatic nitrogens is 2. The van der Waals surface area contributed by atoms with Crippen molar-refractivity contribution in [3.63, 3.8) is 0 Å². The van der Waals surface area contributed by atoms with E-state index in [0.29, 0.717) is 17.1 Å². The van der Waals surface area contributed by atoms with Gasteiger partial charge in [0, 0.05) is 5.69 Å². The molecule has 0 radical (unpaired) electrons. The van der Waals surface area contributed by atoms with Crippen LogP contribution in [0, 0.1) is 13.8 Å². The van der Waals surface area contributed by atoms with Crippen molar-refractivity contribution in [3.05, 3.63) is 77.2 Å². The molecule has 7 nitrogen and oxygen atoms in total. The van der Waals surface area contributed by atoms with Gasteiger partial charge in [-0.2, -0.15) is 0 Å². The Kier molecular flexibility index (Phi) is 5.64. The highest BCUT2D eigenvalue weighted by Gasteiger charge is 2.13. The van der Waals surface area contributed by atoms with Crippen LogP contribution < -0.4 is 10.6 Å². The van der Waals surface area contributed by atoms with Gasteiger partial charge in [-0.25, -0.2) is 14.8 Å². The van der Waals surface area contributed by atoms with Crippen LogP contribution in [0.2, 0.25) is 0 Å². The van der Waals surface area contributed by atoms with E-state index in [1.807, 2.05) is 32.0 Å². The smallest absolute Gasteiger partial charge is 0.339 e. The second-order valence-electron chi connectivity index (χ2n) is 6.22. The van der Waals surface area contributed by atoms with Crippen molar-refractivity contribution in [2.75, 3.05) is 17.7 Å². The van der Waals surface area contributed by atoms with Gasteiger partial charge in [-0.15, -0.1) is 0 Å². The number of carbonyl (C=O) groups excluding carboxylic acids is 2. The number of methoxy groups -OCH3 is 1. The Balaban J connectivity index is 1.73. The first kappa shape index (κ1) is 19.0. The van der Waals surface area contributed by atoms with Gasteiger partial charge in [0.2, 0.25) is 0 Å². The van der Waals surface area contributed by atoms with Crippen LogP contribution >= 0.6 is 0 Å². The van der Waals surface area contributed by atoms with Crippen LogP contribution in [0.5, 0.6) is 0 Å². The minimum Gasteiger partial charge on any atom is -0.465 e. The molecule has 0 unspecified atom stereocenters. The van der Waals surface area contributed by atoms with Crippen LogP contribution in [0.25, 0.3) is 0 Å². The number of hydrogen-bond donors (Lipinski definition) is 2. The highest BCUT2D eigenvalue weighted by molar-refractivity contribution is 6.03. The summed E-state index contributed by atoms with van der Waals surface area (Å²) in [5, 5.41) is 5.84. The summed E-state index contributed by atoms with van der Waals surface area (Å²) in [6.45, 7) is 3.92. The zero-order chi connectivity index (χ0) is 20.1. The molecule has 0 aliphatic carbocycles. The molecule has 0 saturated heterocycles. The van der Waals surface area contributed by atoms with Crippen LogP contribution in [0.4, 0.5) is 17.2 Å². The normalized spacial score (nSPS) is 10.2. The number of carbonyl (C=O) groups is 2. The van der Waals surface area contributed by atoms with Crippen molar-refractivity contribution >= 4 is 29.1 Å². The van der Waals surface area contributed by atoms with E-state index in [-0.39, 0.29) is 11.6 Å². The van der Waals surface area contributed by atoms with Crippen LogP contribution in [0.1, 0.15) is 32.0 Å². The number of ether oxygens (including phenoxy) is 1. The summed E-state index contributed by atoms with van der Waals surface area (Å²) in [7, 11) is 1.32. The summed E-state index contributed by atoms with van der Waals surface area (Å²) in [5.74, 6) is -0.402. The minimum absolute atomic E-state index is 0.187. The molecule has 1 heterocycles. The number of esters is 1. The standard InChI is InChI=1S/C21H20N4O3/c1-13-8-9-16(14(2)10-13)25-20(26)18-11-23-19(12-22-18)24-17-7-5-4-6-15(17)21(27)28-3/h4-12H,1-3H3,(H,23,24)(H,25,26). The van der Waals surface area contributed by atoms with E-state index >= 15 is 0 Å². The largest absolute Gasteiger partial charge is 0.465 e. The Hall–Kier alpha value is -3.74. The maximum atomic E-state index is 12.4. The Morgan fingerprint density at radius 1 is 0.964 bits per heavy atom. The fourth-order valence-corrected chi connectivity index (χ4v) is 2.67. The fraction of sp³-hybridized carbons (Fsp3) is 0.143. The van der Waals surface area contributed by atoms with E-state index in [9.17, 15) is 9.59 Å². The minimum atomic E-state index is -0.458. The molecule has 2 aromatic carbocycles. The molecular formula is C21H20N4O3. The molecule has 0 spiro atoms. The van der Waals surface area contributed by atoms with Crippen LogP contribution in [-0.4, -0.2) is 29.0 Å². The van der Waals surface area contributed by atoms with E-state index in [2.05, 4.69) is 20.6 Å². The Bertz CT molecular complexity index is 1020. The molecule has 142 valence electrons. The quantitative estimate of drug-likeness (QED) is 0.657. The molecule has 7 heteroatoms. The fourth-order valence-electron chi connectivity index (χ4n) is 2.67. The highest BCUT2D eigenvalue weighted by atomic mass is 16.5. The molecule has 0 aliphatic heterocycles. The van der Waals surface area contributed by atoms with Gasteiger partial charge in [0.1, 0.15) is 11.5 Å². The van der Waals surface area contributed by atoms with Gasteiger partial charge in [-0.1, -0.05) is 29.8 Å². The zero-order valence-corrected chi connectivity index (χ0v) is 15.8. The number of nitrogens with zero attached hydrogens (tertiary/aromatic N) is 2. The third-order valence-corrected chi connectivity index (χ3v) is 4.11. The summed E-state index contributed by atoms with van der Waals surface area (Å²) < 4.78 is 4.77. The third-order valence-electron chi connectivity index (χ3n) is 4.11. The second-order valence-corrected chi connectivity index (χ2v) is 6.22. The number of aryl methyl sites for hydroxylation is 2. The molecule has 0 aliphatic rings. The molecule has 0 fully saturated rings. The summed E-state index contributed by atoms with van der Waals surface area (Å²) >= 11 is 0. The molecule has 2 N–H and O–H groups in total. The Labute approximate surface area is 162 Å². The van der Waals surface area contributed by atoms with E-state index in [0.717, 1.165) is 16.8 Å². The summed E-state index contributed by atoms with van der Waals surface area (Å²) in [6.07, 6.45) is 2.81. The number of rotatable bonds is 5. The first-order chi connectivity index (χ1) is 13.5. The molecule has 28 heavy (non-hydrogen) atoms. The molecule has 0 saturated carbocycles. The number of para-hydroxylation sites is 1. The maximum Gasteiger partial charge on any atom is 0.339 e. The van der Waals surface area contributed by atoms with Crippen LogP contribution in [-0.2, 0) is 4.74 Å². The predicted molar refractivity (Wildman–Crippen MR) is 107 cm³/mol. The molecule has 3 rings (SSSR count). The van der Waals surface area contributed by atoms with E-state index in [1.165, 1.54) is 19.5 Å². The first-order valence-electron chi connectivity index (χ1n) is 8.63. The molecule has 1 amide bonds. The summed E-state index contributed by atoms with van der Waals surface area (Å²) in [5.41, 5.74) is 3.93.